The van der Waals surface area contributed by atoms with Crippen molar-refractivity contribution < 1.29 is 13.5 Å². The molecule has 2 aromatic carbocycles. The summed E-state index contributed by atoms with van der Waals surface area (Å²) < 4.78 is 26.6. The Labute approximate surface area is 136 Å². The van der Waals surface area contributed by atoms with Crippen molar-refractivity contribution in [3.05, 3.63) is 60.2 Å². The average molecular weight is 332 g/mol. The molecule has 1 saturated heterocycles. The normalized spacial score (nSPS) is 16.4. The maximum Gasteiger partial charge on any atom is 0.218 e. The molecular formula is C17H20N2O3S. The van der Waals surface area contributed by atoms with Crippen LogP contribution in [0.2, 0.25) is 0 Å². The van der Waals surface area contributed by atoms with Crippen LogP contribution in [0.5, 0.6) is 5.75 Å². The second-order valence-electron chi connectivity index (χ2n) is 5.62. The number of benzene rings is 2. The SMILES string of the molecule is O=S(=O)(Cc1ccccc1)N1CCN(c2ccccc2O)CC1. The van der Waals surface area contributed by atoms with Gasteiger partial charge in [-0.25, -0.2) is 8.42 Å². The minimum atomic E-state index is -3.31. The number of anilines is 1. The van der Waals surface area contributed by atoms with E-state index in [0.717, 1.165) is 11.3 Å². The van der Waals surface area contributed by atoms with Crippen LogP contribution in [0.3, 0.4) is 0 Å². The number of hydrogen-bond acceptors (Lipinski definition) is 4. The van der Waals surface area contributed by atoms with Gasteiger partial charge in [0.2, 0.25) is 10.0 Å². The van der Waals surface area contributed by atoms with Crippen LogP contribution < -0.4 is 4.90 Å². The van der Waals surface area contributed by atoms with Gasteiger partial charge in [-0.1, -0.05) is 42.5 Å². The molecule has 1 heterocycles. The first-order chi connectivity index (χ1) is 11.1. The Kier molecular flexibility index (Phi) is 4.54. The number of piperazine rings is 1. The summed E-state index contributed by atoms with van der Waals surface area (Å²) in [4.78, 5) is 2.02. The van der Waals surface area contributed by atoms with E-state index >= 15 is 0 Å². The highest BCUT2D eigenvalue weighted by molar-refractivity contribution is 7.88. The standard InChI is InChI=1S/C17H20N2O3S/c20-17-9-5-4-8-16(17)18-10-12-19(13-11-18)23(21,22)14-15-6-2-1-3-7-15/h1-9,20H,10-14H2. The van der Waals surface area contributed by atoms with Gasteiger partial charge in [-0.15, -0.1) is 0 Å². The molecule has 0 bridgehead atoms. The van der Waals surface area contributed by atoms with Crippen molar-refractivity contribution in [2.45, 2.75) is 5.75 Å². The Balaban J connectivity index is 1.65. The second-order valence-corrected chi connectivity index (χ2v) is 7.59. The number of rotatable bonds is 4. The van der Waals surface area contributed by atoms with Crippen LogP contribution in [-0.2, 0) is 15.8 Å². The van der Waals surface area contributed by atoms with Gasteiger partial charge in [0, 0.05) is 26.2 Å². The first-order valence-corrected chi connectivity index (χ1v) is 9.22. The van der Waals surface area contributed by atoms with Crippen LogP contribution in [0.25, 0.3) is 0 Å². The highest BCUT2D eigenvalue weighted by Gasteiger charge is 2.27. The van der Waals surface area contributed by atoms with Crippen LogP contribution in [-0.4, -0.2) is 44.0 Å². The molecule has 5 nitrogen and oxygen atoms in total. The first kappa shape index (κ1) is 15.8. The third-order valence-electron chi connectivity index (χ3n) is 4.05. The van der Waals surface area contributed by atoms with E-state index in [1.165, 1.54) is 4.31 Å². The van der Waals surface area contributed by atoms with Crippen molar-refractivity contribution in [1.82, 2.24) is 4.31 Å². The summed E-state index contributed by atoms with van der Waals surface area (Å²) in [5.41, 5.74) is 1.56. The summed E-state index contributed by atoms with van der Waals surface area (Å²) in [5.74, 6) is 0.262. The van der Waals surface area contributed by atoms with E-state index in [4.69, 9.17) is 0 Å². The molecule has 2 aromatic rings. The van der Waals surface area contributed by atoms with Gasteiger partial charge in [0.25, 0.3) is 0 Å². The molecule has 1 fully saturated rings. The van der Waals surface area contributed by atoms with E-state index in [-0.39, 0.29) is 11.5 Å². The lowest BCUT2D eigenvalue weighted by Crippen LogP contribution is -2.49. The number of nitrogens with zero attached hydrogens (tertiary/aromatic N) is 2. The molecule has 6 heteroatoms. The monoisotopic (exact) mass is 332 g/mol. The minimum Gasteiger partial charge on any atom is -0.506 e. The molecular weight excluding hydrogens is 312 g/mol. The fraction of sp³-hybridized carbons (Fsp3) is 0.294. The third-order valence-corrected chi connectivity index (χ3v) is 5.90. The maximum atomic E-state index is 12.5. The zero-order valence-electron chi connectivity index (χ0n) is 12.8. The lowest BCUT2D eigenvalue weighted by Gasteiger charge is -2.35. The number of aromatic hydroxyl groups is 1. The molecule has 0 aliphatic carbocycles. The molecule has 0 radical (unpaired) electrons. The van der Waals surface area contributed by atoms with Crippen LogP contribution in [0.4, 0.5) is 5.69 Å². The van der Waals surface area contributed by atoms with Crippen LogP contribution in [0.1, 0.15) is 5.56 Å². The van der Waals surface area contributed by atoms with E-state index in [1.54, 1.807) is 12.1 Å². The van der Waals surface area contributed by atoms with Gasteiger partial charge in [-0.05, 0) is 17.7 Å². The first-order valence-electron chi connectivity index (χ1n) is 7.61. The molecule has 1 N–H and O–H groups in total. The van der Waals surface area contributed by atoms with E-state index in [1.807, 2.05) is 47.4 Å². The Bertz CT molecular complexity index is 754. The number of para-hydroxylation sites is 2. The number of sulfonamides is 1. The fourth-order valence-corrected chi connectivity index (χ4v) is 4.33. The molecule has 0 spiro atoms. The molecule has 23 heavy (non-hydrogen) atoms. The molecule has 0 aromatic heterocycles. The molecule has 0 unspecified atom stereocenters. The largest absolute Gasteiger partial charge is 0.506 e. The van der Waals surface area contributed by atoms with Gasteiger partial charge in [-0.3, -0.25) is 0 Å². The minimum absolute atomic E-state index is 0.0322. The van der Waals surface area contributed by atoms with E-state index < -0.39 is 10.0 Å². The molecule has 1 aliphatic heterocycles. The van der Waals surface area contributed by atoms with Crippen LogP contribution >= 0.6 is 0 Å². The summed E-state index contributed by atoms with van der Waals surface area (Å²) >= 11 is 0. The predicted octanol–water partition coefficient (Wildman–Crippen LogP) is 2.04. The number of hydrogen-bond donors (Lipinski definition) is 1. The summed E-state index contributed by atoms with van der Waals surface area (Å²) in [6, 6.07) is 16.4. The van der Waals surface area contributed by atoms with Gasteiger partial charge in [0.1, 0.15) is 5.75 Å². The molecule has 122 valence electrons. The summed E-state index contributed by atoms with van der Waals surface area (Å²) in [5, 5.41) is 9.91. The van der Waals surface area contributed by atoms with Crippen molar-refractivity contribution >= 4 is 15.7 Å². The van der Waals surface area contributed by atoms with Crippen molar-refractivity contribution in [3.8, 4) is 5.75 Å². The summed E-state index contributed by atoms with van der Waals surface area (Å²) in [6.45, 7) is 2.02. The summed E-state index contributed by atoms with van der Waals surface area (Å²) in [7, 11) is -3.31. The van der Waals surface area contributed by atoms with Crippen LogP contribution in [0.15, 0.2) is 54.6 Å². The molecule has 0 amide bonds. The van der Waals surface area contributed by atoms with Crippen molar-refractivity contribution in [3.63, 3.8) is 0 Å². The lowest BCUT2D eigenvalue weighted by molar-refractivity contribution is 0.381. The quantitative estimate of drug-likeness (QED) is 0.931. The zero-order chi connectivity index (χ0) is 16.3. The smallest absolute Gasteiger partial charge is 0.218 e. The van der Waals surface area contributed by atoms with Crippen LogP contribution in [0, 0.1) is 0 Å². The Hall–Kier alpha value is -2.05. The van der Waals surface area contributed by atoms with E-state index in [2.05, 4.69) is 0 Å². The van der Waals surface area contributed by atoms with Gasteiger partial charge in [0.05, 0.1) is 11.4 Å². The van der Waals surface area contributed by atoms with Gasteiger partial charge >= 0.3 is 0 Å². The second kappa shape index (κ2) is 6.60. The van der Waals surface area contributed by atoms with Crippen molar-refractivity contribution in [1.29, 1.82) is 0 Å². The third kappa shape index (κ3) is 3.65. The average Bonchev–Trinajstić information content (AvgIpc) is 2.56. The predicted molar refractivity (Wildman–Crippen MR) is 91.0 cm³/mol. The van der Waals surface area contributed by atoms with E-state index in [0.29, 0.717) is 26.2 Å². The highest BCUT2D eigenvalue weighted by atomic mass is 32.2. The zero-order valence-corrected chi connectivity index (χ0v) is 13.6. The van der Waals surface area contributed by atoms with Crippen molar-refractivity contribution in [2.75, 3.05) is 31.1 Å². The maximum absolute atomic E-state index is 12.5. The summed E-state index contributed by atoms with van der Waals surface area (Å²) in [6.07, 6.45) is 0. The Morgan fingerprint density at radius 3 is 2.13 bits per heavy atom. The molecule has 0 saturated carbocycles. The number of phenols is 1. The number of phenolic OH excluding ortho intramolecular Hbond substituents is 1. The Morgan fingerprint density at radius 1 is 0.870 bits per heavy atom. The topological polar surface area (TPSA) is 60.9 Å². The Morgan fingerprint density at radius 2 is 1.48 bits per heavy atom. The van der Waals surface area contributed by atoms with Crippen molar-refractivity contribution in [2.24, 2.45) is 0 Å². The van der Waals surface area contributed by atoms with E-state index in [9.17, 15) is 13.5 Å². The van der Waals surface area contributed by atoms with Gasteiger partial charge in [-0.2, -0.15) is 4.31 Å². The van der Waals surface area contributed by atoms with Gasteiger partial charge < -0.3 is 10.0 Å². The molecule has 1 aliphatic rings. The molecule has 3 rings (SSSR count). The molecule has 0 atom stereocenters. The lowest BCUT2D eigenvalue weighted by atomic mass is 10.2. The highest BCUT2D eigenvalue weighted by Crippen LogP contribution is 2.27. The fourth-order valence-electron chi connectivity index (χ4n) is 2.81. The van der Waals surface area contributed by atoms with Gasteiger partial charge in [0.15, 0.2) is 0 Å².